The maximum atomic E-state index is 14.0. The maximum absolute atomic E-state index is 14.0. The van der Waals surface area contributed by atoms with Crippen molar-refractivity contribution in [3.8, 4) is 0 Å². The summed E-state index contributed by atoms with van der Waals surface area (Å²) >= 11 is 6.17. The number of nitrogens with one attached hydrogen (secondary N) is 1. The lowest BCUT2D eigenvalue weighted by Gasteiger charge is -2.21. The topological polar surface area (TPSA) is 12.0 Å². The number of halogens is 2. The Balaban J connectivity index is 1.94. The highest BCUT2D eigenvalue weighted by atomic mass is 35.5. The van der Waals surface area contributed by atoms with E-state index in [1.165, 1.54) is 38.2 Å². The molecule has 2 rings (SSSR count). The van der Waals surface area contributed by atoms with Gasteiger partial charge in [-0.2, -0.15) is 0 Å². The number of hydrogen-bond acceptors (Lipinski definition) is 1. The van der Waals surface area contributed by atoms with Crippen molar-refractivity contribution in [1.82, 2.24) is 5.32 Å². The van der Waals surface area contributed by atoms with Gasteiger partial charge in [0.2, 0.25) is 0 Å². The van der Waals surface area contributed by atoms with E-state index in [1.54, 1.807) is 12.1 Å². The average Bonchev–Trinajstić information content (AvgIpc) is 2.98. The lowest BCUT2D eigenvalue weighted by molar-refractivity contribution is 0.399. The summed E-state index contributed by atoms with van der Waals surface area (Å²) in [5, 5.41) is 4.13. The van der Waals surface area contributed by atoms with Gasteiger partial charge in [-0.25, -0.2) is 4.39 Å². The molecule has 0 aromatic heterocycles. The fraction of sp³-hybridized carbons (Fsp3) is 0.667. The fourth-order valence-electron chi connectivity index (χ4n) is 3.33. The first kappa shape index (κ1) is 16.8. The first-order chi connectivity index (χ1) is 10.2. The van der Waals surface area contributed by atoms with Crippen LogP contribution in [0.1, 0.15) is 57.4 Å². The number of rotatable bonds is 8. The highest BCUT2D eigenvalue weighted by Crippen LogP contribution is 2.30. The van der Waals surface area contributed by atoms with Crippen molar-refractivity contribution >= 4 is 11.6 Å². The molecular weight excluding hydrogens is 285 g/mol. The first-order valence-corrected chi connectivity index (χ1v) is 8.74. The van der Waals surface area contributed by atoms with Crippen LogP contribution in [0.3, 0.4) is 0 Å². The summed E-state index contributed by atoms with van der Waals surface area (Å²) in [6.45, 7) is 3.15. The second-order valence-electron chi connectivity index (χ2n) is 6.28. The molecule has 0 heterocycles. The minimum Gasteiger partial charge on any atom is -0.314 e. The molecule has 1 nitrogen and oxygen atoms in total. The summed E-state index contributed by atoms with van der Waals surface area (Å²) in [5.41, 5.74) is 0.666. The number of hydrogen-bond donors (Lipinski definition) is 1. The van der Waals surface area contributed by atoms with Crippen LogP contribution in [0.25, 0.3) is 0 Å². The van der Waals surface area contributed by atoms with Gasteiger partial charge in [-0.1, -0.05) is 50.3 Å². The second kappa shape index (κ2) is 8.75. The quantitative estimate of drug-likeness (QED) is 0.681. The monoisotopic (exact) mass is 311 g/mol. The van der Waals surface area contributed by atoms with Crippen LogP contribution >= 0.6 is 11.6 Å². The van der Waals surface area contributed by atoms with Gasteiger partial charge in [-0.15, -0.1) is 0 Å². The average molecular weight is 312 g/mol. The lowest BCUT2D eigenvalue weighted by Crippen LogP contribution is -2.32. The molecule has 0 radical (unpaired) electrons. The van der Waals surface area contributed by atoms with Crippen molar-refractivity contribution < 1.29 is 4.39 Å². The molecule has 1 fully saturated rings. The van der Waals surface area contributed by atoms with E-state index in [2.05, 4.69) is 12.2 Å². The van der Waals surface area contributed by atoms with Gasteiger partial charge in [0.1, 0.15) is 5.82 Å². The summed E-state index contributed by atoms with van der Waals surface area (Å²) in [5.74, 6) is 0.707. The third-order valence-electron chi connectivity index (χ3n) is 4.59. The molecule has 1 saturated carbocycles. The smallest absolute Gasteiger partial charge is 0.127 e. The highest BCUT2D eigenvalue weighted by molar-refractivity contribution is 6.31. The molecule has 1 aliphatic rings. The van der Waals surface area contributed by atoms with E-state index in [-0.39, 0.29) is 5.82 Å². The molecule has 1 unspecified atom stereocenters. The van der Waals surface area contributed by atoms with E-state index >= 15 is 0 Å². The molecule has 118 valence electrons. The van der Waals surface area contributed by atoms with Crippen LogP contribution in [0.4, 0.5) is 4.39 Å². The molecule has 0 bridgehead atoms. The van der Waals surface area contributed by atoms with Crippen LogP contribution in [0.2, 0.25) is 5.02 Å². The summed E-state index contributed by atoms with van der Waals surface area (Å²) in [7, 11) is 0. The van der Waals surface area contributed by atoms with Crippen molar-refractivity contribution in [3.63, 3.8) is 0 Å². The zero-order chi connectivity index (χ0) is 15.1. The van der Waals surface area contributed by atoms with E-state index in [1.807, 2.05) is 0 Å². The van der Waals surface area contributed by atoms with Crippen LogP contribution in [-0.4, -0.2) is 12.6 Å². The second-order valence-corrected chi connectivity index (χ2v) is 6.69. The Morgan fingerprint density at radius 1 is 1.33 bits per heavy atom. The van der Waals surface area contributed by atoms with Gasteiger partial charge in [0.05, 0.1) is 0 Å². The van der Waals surface area contributed by atoms with Gasteiger partial charge < -0.3 is 5.32 Å². The van der Waals surface area contributed by atoms with Crippen LogP contribution in [0.15, 0.2) is 18.2 Å². The minimum atomic E-state index is -0.174. The van der Waals surface area contributed by atoms with Crippen LogP contribution in [-0.2, 0) is 6.42 Å². The zero-order valence-corrected chi connectivity index (χ0v) is 13.8. The van der Waals surface area contributed by atoms with Crippen LogP contribution in [0.5, 0.6) is 0 Å². The van der Waals surface area contributed by atoms with E-state index in [0.717, 1.165) is 25.3 Å². The Hall–Kier alpha value is -0.600. The summed E-state index contributed by atoms with van der Waals surface area (Å²) in [6.07, 6.45) is 9.70. The summed E-state index contributed by atoms with van der Waals surface area (Å²) in [4.78, 5) is 0. The normalized spacial score (nSPS) is 17.3. The molecule has 21 heavy (non-hydrogen) atoms. The largest absolute Gasteiger partial charge is 0.314 e. The highest BCUT2D eigenvalue weighted by Gasteiger charge is 2.19. The molecule has 1 aromatic carbocycles. The zero-order valence-electron chi connectivity index (χ0n) is 13.0. The first-order valence-electron chi connectivity index (χ1n) is 8.37. The predicted octanol–water partition coefficient (Wildman–Crippen LogP) is 5.36. The third-order valence-corrected chi connectivity index (χ3v) is 4.95. The Kier molecular flexibility index (Phi) is 6.98. The van der Waals surface area contributed by atoms with E-state index < -0.39 is 0 Å². The molecule has 0 amide bonds. The number of benzene rings is 1. The van der Waals surface area contributed by atoms with Gasteiger partial charge in [0.15, 0.2) is 0 Å². The Labute approximate surface area is 133 Å². The molecule has 1 aromatic rings. The van der Waals surface area contributed by atoms with Crippen LogP contribution < -0.4 is 5.32 Å². The molecule has 1 atom stereocenters. The third kappa shape index (κ3) is 5.27. The van der Waals surface area contributed by atoms with Crippen LogP contribution in [0, 0.1) is 11.7 Å². The molecule has 0 saturated heterocycles. The van der Waals surface area contributed by atoms with Crippen molar-refractivity contribution in [3.05, 3.63) is 34.6 Å². The standard InChI is InChI=1S/C18H27ClFN/c1-2-12-21-15(11-10-14-6-3-4-7-14)13-16-17(19)8-5-9-18(16)20/h5,8-9,14-15,21H,2-4,6-7,10-13H2,1H3. The van der Waals surface area contributed by atoms with Crippen molar-refractivity contribution in [2.24, 2.45) is 5.92 Å². The van der Waals surface area contributed by atoms with E-state index in [0.29, 0.717) is 23.0 Å². The van der Waals surface area contributed by atoms with E-state index in [4.69, 9.17) is 11.6 Å². The molecule has 1 N–H and O–H groups in total. The van der Waals surface area contributed by atoms with Gasteiger partial charge in [-0.3, -0.25) is 0 Å². The molecule has 0 aliphatic heterocycles. The van der Waals surface area contributed by atoms with Gasteiger partial charge in [0.25, 0.3) is 0 Å². The molecule has 1 aliphatic carbocycles. The molecule has 0 spiro atoms. The Morgan fingerprint density at radius 2 is 2.10 bits per heavy atom. The summed E-state index contributed by atoms with van der Waals surface area (Å²) < 4.78 is 14.0. The fourth-order valence-corrected chi connectivity index (χ4v) is 3.57. The maximum Gasteiger partial charge on any atom is 0.127 e. The van der Waals surface area contributed by atoms with Gasteiger partial charge >= 0.3 is 0 Å². The van der Waals surface area contributed by atoms with Gasteiger partial charge in [-0.05, 0) is 50.3 Å². The van der Waals surface area contributed by atoms with Crippen molar-refractivity contribution in [1.29, 1.82) is 0 Å². The Bertz CT molecular complexity index is 409. The predicted molar refractivity (Wildman–Crippen MR) is 88.4 cm³/mol. The minimum absolute atomic E-state index is 0.174. The van der Waals surface area contributed by atoms with Gasteiger partial charge in [0, 0.05) is 16.6 Å². The molecule has 3 heteroatoms. The molecular formula is C18H27ClFN. The van der Waals surface area contributed by atoms with E-state index in [9.17, 15) is 4.39 Å². The summed E-state index contributed by atoms with van der Waals surface area (Å²) in [6, 6.07) is 5.30. The van der Waals surface area contributed by atoms with Crippen molar-refractivity contribution in [2.45, 2.75) is 64.3 Å². The lowest BCUT2D eigenvalue weighted by atomic mass is 9.94. The van der Waals surface area contributed by atoms with Crippen molar-refractivity contribution in [2.75, 3.05) is 6.54 Å². The Morgan fingerprint density at radius 3 is 2.76 bits per heavy atom. The SMILES string of the molecule is CCCNC(CCC1CCCC1)Cc1c(F)cccc1Cl.